The van der Waals surface area contributed by atoms with Crippen molar-refractivity contribution in [3.63, 3.8) is 0 Å². The number of benzene rings is 2. The summed E-state index contributed by atoms with van der Waals surface area (Å²) in [4.78, 5) is 23.8. The van der Waals surface area contributed by atoms with Gasteiger partial charge in [-0.1, -0.05) is 0 Å². The standard InChI is InChI=1S/C26H28N2O4/c1-4-31-24-15-25-22(20-7-5-6-8-23(20)32-25)14-21(24)16(2)13-26(30)28-19-11-9-18(10-12-19)27-17(3)29/h9-15H,4-8H2,1-3H3,(H,27,29)(H,28,30)/b16-13+. The van der Waals surface area contributed by atoms with Gasteiger partial charge >= 0.3 is 0 Å². The maximum absolute atomic E-state index is 12.7. The van der Waals surface area contributed by atoms with E-state index < -0.39 is 0 Å². The van der Waals surface area contributed by atoms with Crippen LogP contribution in [0.2, 0.25) is 0 Å². The number of rotatable bonds is 6. The third-order valence-corrected chi connectivity index (χ3v) is 5.60. The number of carbonyl (C=O) groups excluding carboxylic acids is 2. The minimum Gasteiger partial charge on any atom is -0.493 e. The van der Waals surface area contributed by atoms with E-state index in [-0.39, 0.29) is 11.8 Å². The number of furan rings is 1. The Hall–Kier alpha value is -3.54. The van der Waals surface area contributed by atoms with Crippen LogP contribution in [-0.4, -0.2) is 18.4 Å². The molecule has 6 nitrogen and oxygen atoms in total. The number of hydrogen-bond donors (Lipinski definition) is 2. The molecule has 0 radical (unpaired) electrons. The molecule has 1 aliphatic carbocycles. The number of ether oxygens (including phenoxy) is 1. The van der Waals surface area contributed by atoms with Crippen molar-refractivity contribution in [3.8, 4) is 5.75 Å². The minimum atomic E-state index is -0.230. The number of aryl methyl sites for hydroxylation is 2. The number of anilines is 2. The molecule has 0 unspecified atom stereocenters. The zero-order valence-corrected chi connectivity index (χ0v) is 18.7. The second kappa shape index (κ2) is 9.30. The lowest BCUT2D eigenvalue weighted by Gasteiger charge is -2.12. The third-order valence-electron chi connectivity index (χ3n) is 5.60. The van der Waals surface area contributed by atoms with Gasteiger partial charge in [0.1, 0.15) is 17.1 Å². The summed E-state index contributed by atoms with van der Waals surface area (Å²) in [6, 6.07) is 11.0. The average Bonchev–Trinajstić information content (AvgIpc) is 3.12. The fourth-order valence-electron chi connectivity index (χ4n) is 4.17. The Morgan fingerprint density at radius 3 is 2.41 bits per heavy atom. The maximum atomic E-state index is 12.7. The van der Waals surface area contributed by atoms with E-state index in [0.29, 0.717) is 23.7 Å². The van der Waals surface area contributed by atoms with Crippen LogP contribution in [0.4, 0.5) is 11.4 Å². The Bertz CT molecular complexity index is 1190. The molecule has 3 aromatic rings. The first-order valence-corrected chi connectivity index (χ1v) is 11.0. The topological polar surface area (TPSA) is 80.6 Å². The van der Waals surface area contributed by atoms with Gasteiger partial charge in [0, 0.05) is 53.4 Å². The zero-order valence-electron chi connectivity index (χ0n) is 18.7. The first kappa shape index (κ1) is 21.7. The molecule has 0 aliphatic heterocycles. The van der Waals surface area contributed by atoms with E-state index in [2.05, 4.69) is 16.7 Å². The maximum Gasteiger partial charge on any atom is 0.248 e. The molecule has 0 atom stereocenters. The van der Waals surface area contributed by atoms with Crippen LogP contribution < -0.4 is 15.4 Å². The van der Waals surface area contributed by atoms with Gasteiger partial charge in [-0.3, -0.25) is 9.59 Å². The minimum absolute atomic E-state index is 0.138. The van der Waals surface area contributed by atoms with Crippen molar-refractivity contribution in [2.75, 3.05) is 17.2 Å². The van der Waals surface area contributed by atoms with E-state index in [1.165, 1.54) is 18.9 Å². The predicted molar refractivity (Wildman–Crippen MR) is 127 cm³/mol. The second-order valence-electron chi connectivity index (χ2n) is 8.06. The Kier molecular flexibility index (Phi) is 6.30. The molecule has 6 heteroatoms. The molecule has 0 saturated carbocycles. The molecule has 32 heavy (non-hydrogen) atoms. The summed E-state index contributed by atoms with van der Waals surface area (Å²) in [5, 5.41) is 6.69. The molecule has 0 spiro atoms. The fraction of sp³-hybridized carbons (Fsp3) is 0.308. The summed E-state index contributed by atoms with van der Waals surface area (Å²) in [5.41, 5.74) is 5.17. The first-order valence-electron chi connectivity index (χ1n) is 11.0. The molecular weight excluding hydrogens is 404 g/mol. The van der Waals surface area contributed by atoms with Crippen LogP contribution in [0.3, 0.4) is 0 Å². The van der Waals surface area contributed by atoms with Crippen molar-refractivity contribution in [1.29, 1.82) is 0 Å². The summed E-state index contributed by atoms with van der Waals surface area (Å²) in [5.74, 6) is 1.42. The van der Waals surface area contributed by atoms with Gasteiger partial charge in [0.05, 0.1) is 6.61 Å². The van der Waals surface area contributed by atoms with Crippen molar-refractivity contribution in [2.24, 2.45) is 0 Å². The average molecular weight is 433 g/mol. The highest BCUT2D eigenvalue weighted by Crippen LogP contribution is 2.38. The largest absolute Gasteiger partial charge is 0.493 e. The highest BCUT2D eigenvalue weighted by Gasteiger charge is 2.20. The lowest BCUT2D eigenvalue weighted by atomic mass is 9.94. The van der Waals surface area contributed by atoms with Crippen LogP contribution in [0.15, 0.2) is 46.9 Å². The van der Waals surface area contributed by atoms with Gasteiger partial charge in [-0.15, -0.1) is 0 Å². The van der Waals surface area contributed by atoms with Crippen LogP contribution in [0, 0.1) is 0 Å². The molecule has 166 valence electrons. The molecule has 2 amide bonds. The summed E-state index contributed by atoms with van der Waals surface area (Å²) >= 11 is 0. The smallest absolute Gasteiger partial charge is 0.248 e. The Balaban J connectivity index is 1.59. The van der Waals surface area contributed by atoms with Crippen molar-refractivity contribution >= 4 is 39.7 Å². The fourth-order valence-corrected chi connectivity index (χ4v) is 4.17. The van der Waals surface area contributed by atoms with Crippen LogP contribution >= 0.6 is 0 Å². The summed E-state index contributed by atoms with van der Waals surface area (Å²) in [6.07, 6.45) is 5.90. The van der Waals surface area contributed by atoms with E-state index in [0.717, 1.165) is 47.1 Å². The van der Waals surface area contributed by atoms with Crippen molar-refractivity contribution in [3.05, 3.63) is 59.4 Å². The Labute approximate surface area is 187 Å². The third kappa shape index (κ3) is 4.69. The monoisotopic (exact) mass is 432 g/mol. The van der Waals surface area contributed by atoms with Crippen LogP contribution in [0.25, 0.3) is 16.5 Å². The number of fused-ring (bicyclic) bond motifs is 3. The Morgan fingerprint density at radius 2 is 1.72 bits per heavy atom. The van der Waals surface area contributed by atoms with Crippen LogP contribution in [0.5, 0.6) is 5.75 Å². The normalized spacial score (nSPS) is 13.5. The van der Waals surface area contributed by atoms with E-state index in [1.807, 2.05) is 19.9 Å². The van der Waals surface area contributed by atoms with Gasteiger partial charge in [-0.2, -0.15) is 0 Å². The van der Waals surface area contributed by atoms with Gasteiger partial charge in [-0.25, -0.2) is 0 Å². The number of nitrogens with one attached hydrogen (secondary N) is 2. The van der Waals surface area contributed by atoms with Crippen LogP contribution in [0.1, 0.15) is 50.5 Å². The molecule has 2 N–H and O–H groups in total. The molecular formula is C26H28N2O4. The number of amides is 2. The molecule has 1 heterocycles. The molecule has 4 rings (SSSR count). The number of hydrogen-bond acceptors (Lipinski definition) is 4. The second-order valence-corrected chi connectivity index (χ2v) is 8.06. The van der Waals surface area contributed by atoms with Crippen molar-refractivity contribution in [2.45, 2.75) is 46.5 Å². The van der Waals surface area contributed by atoms with Crippen LogP contribution in [-0.2, 0) is 22.4 Å². The van der Waals surface area contributed by atoms with Gasteiger partial charge in [0.25, 0.3) is 0 Å². The van der Waals surface area contributed by atoms with Gasteiger partial charge < -0.3 is 19.8 Å². The van der Waals surface area contributed by atoms with Crippen molar-refractivity contribution < 1.29 is 18.7 Å². The molecule has 1 aliphatic rings. The molecule has 0 bridgehead atoms. The van der Waals surface area contributed by atoms with E-state index in [9.17, 15) is 9.59 Å². The number of allylic oxidation sites excluding steroid dienone is 1. The highest BCUT2D eigenvalue weighted by atomic mass is 16.5. The van der Waals surface area contributed by atoms with Gasteiger partial charge in [-0.05, 0) is 69.0 Å². The lowest BCUT2D eigenvalue weighted by Crippen LogP contribution is -2.09. The van der Waals surface area contributed by atoms with Gasteiger partial charge in [0.2, 0.25) is 11.8 Å². The van der Waals surface area contributed by atoms with Crippen molar-refractivity contribution in [1.82, 2.24) is 0 Å². The molecule has 1 aromatic heterocycles. The highest BCUT2D eigenvalue weighted by molar-refractivity contribution is 6.05. The first-order chi connectivity index (χ1) is 15.4. The van der Waals surface area contributed by atoms with Gasteiger partial charge in [0.15, 0.2) is 0 Å². The van der Waals surface area contributed by atoms with E-state index in [1.54, 1.807) is 30.3 Å². The molecule has 0 fully saturated rings. The van der Waals surface area contributed by atoms with E-state index in [4.69, 9.17) is 9.15 Å². The molecule has 2 aromatic carbocycles. The quantitative estimate of drug-likeness (QED) is 0.489. The number of carbonyl (C=O) groups is 2. The SMILES string of the molecule is CCOc1cc2oc3c(c2cc1/C(C)=C/C(=O)Nc1ccc(NC(C)=O)cc1)CCCC3. The molecule has 0 saturated heterocycles. The summed E-state index contributed by atoms with van der Waals surface area (Å²) in [7, 11) is 0. The van der Waals surface area contributed by atoms with E-state index >= 15 is 0 Å². The zero-order chi connectivity index (χ0) is 22.7. The Morgan fingerprint density at radius 1 is 1.03 bits per heavy atom. The predicted octanol–water partition coefficient (Wildman–Crippen LogP) is 5.71. The summed E-state index contributed by atoms with van der Waals surface area (Å²) < 4.78 is 12.0. The lowest BCUT2D eigenvalue weighted by molar-refractivity contribution is -0.114. The summed E-state index contributed by atoms with van der Waals surface area (Å²) in [6.45, 7) is 5.84.